The van der Waals surface area contributed by atoms with Crippen LogP contribution in [0.2, 0.25) is 0 Å². The molecule has 0 aliphatic heterocycles. The first kappa shape index (κ1) is 23.9. The van der Waals surface area contributed by atoms with E-state index in [0.29, 0.717) is 6.10 Å². The second-order valence-corrected chi connectivity index (χ2v) is 9.34. The van der Waals surface area contributed by atoms with Gasteiger partial charge in [-0.05, 0) is 57.5 Å². The van der Waals surface area contributed by atoms with E-state index >= 15 is 0 Å². The van der Waals surface area contributed by atoms with Crippen LogP contribution in [0, 0.1) is 17.8 Å². The zero-order valence-corrected chi connectivity index (χ0v) is 18.5. The zero-order valence-electron chi connectivity index (χ0n) is 17.7. The van der Waals surface area contributed by atoms with Gasteiger partial charge in [-0.3, -0.25) is 0 Å². The third-order valence-corrected chi connectivity index (χ3v) is 6.29. The predicted octanol–water partition coefficient (Wildman–Crippen LogP) is 7.63. The van der Waals surface area contributed by atoms with Crippen LogP contribution in [0.5, 0.6) is 0 Å². The lowest BCUT2D eigenvalue weighted by Crippen LogP contribution is -2.04. The molecule has 0 saturated heterocycles. The first-order valence-corrected chi connectivity index (χ1v) is 12.6. The van der Waals surface area contributed by atoms with Gasteiger partial charge < -0.3 is 4.74 Å². The lowest BCUT2D eigenvalue weighted by atomic mass is 9.90. The van der Waals surface area contributed by atoms with E-state index in [9.17, 15) is 0 Å². The van der Waals surface area contributed by atoms with Crippen LogP contribution in [0.1, 0.15) is 110 Å². The first-order valence-electron chi connectivity index (χ1n) is 11.5. The number of rotatable bonds is 15. The summed E-state index contributed by atoms with van der Waals surface area (Å²) in [5.41, 5.74) is 0. The zero-order chi connectivity index (χ0) is 18.7. The molecule has 0 bridgehead atoms. The van der Waals surface area contributed by atoms with Crippen LogP contribution in [0.15, 0.2) is 0 Å². The van der Waals surface area contributed by atoms with Gasteiger partial charge in [-0.1, -0.05) is 63.7 Å². The Bertz CT molecular complexity index is 349. The summed E-state index contributed by atoms with van der Waals surface area (Å²) in [7, 11) is 0. The molecule has 0 aromatic rings. The fraction of sp³-hybridized carbons (Fsp3) is 0.917. The molecule has 1 nitrogen and oxygen atoms in total. The summed E-state index contributed by atoms with van der Waals surface area (Å²) < 4.78 is 5.56. The summed E-state index contributed by atoms with van der Waals surface area (Å²) in [4.78, 5) is 0. The third-order valence-electron chi connectivity index (χ3n) is 5.14. The molecule has 0 aromatic carbocycles. The molecule has 0 N–H and O–H groups in total. The summed E-state index contributed by atoms with van der Waals surface area (Å²) in [5, 5.41) is 0. The molecular weight excluding hydrogens is 336 g/mol. The van der Waals surface area contributed by atoms with E-state index < -0.39 is 0 Å². The smallest absolute Gasteiger partial charge is 0.0518 e. The van der Waals surface area contributed by atoms with Crippen molar-refractivity contribution in [2.75, 3.05) is 18.1 Å². The van der Waals surface area contributed by atoms with E-state index in [1.807, 2.05) is 0 Å². The van der Waals surface area contributed by atoms with E-state index in [2.05, 4.69) is 37.5 Å². The fourth-order valence-corrected chi connectivity index (χ4v) is 4.46. The monoisotopic (exact) mass is 380 g/mol. The molecule has 1 rings (SSSR count). The van der Waals surface area contributed by atoms with E-state index in [1.54, 1.807) is 0 Å². The Balaban J connectivity index is 1.71. The molecule has 2 heteroatoms. The highest BCUT2D eigenvalue weighted by molar-refractivity contribution is 7.99. The van der Waals surface area contributed by atoms with E-state index in [-0.39, 0.29) is 0 Å². The van der Waals surface area contributed by atoms with Crippen LogP contribution in [-0.2, 0) is 4.74 Å². The Kier molecular flexibility index (Phi) is 16.8. The highest BCUT2D eigenvalue weighted by Gasteiger charge is 2.09. The molecule has 1 fully saturated rings. The highest BCUT2D eigenvalue weighted by Crippen LogP contribution is 2.22. The number of ether oxygens (including phenoxy) is 1. The minimum atomic E-state index is 0.384. The molecule has 0 atom stereocenters. The van der Waals surface area contributed by atoms with Gasteiger partial charge in [0.15, 0.2) is 0 Å². The summed E-state index contributed by atoms with van der Waals surface area (Å²) in [6, 6.07) is 0. The average Bonchev–Trinajstić information content (AvgIpc) is 2.65. The van der Waals surface area contributed by atoms with Crippen LogP contribution in [0.3, 0.4) is 0 Å². The van der Waals surface area contributed by atoms with Crippen LogP contribution in [0.4, 0.5) is 0 Å². The van der Waals surface area contributed by atoms with Gasteiger partial charge in [0.05, 0.1) is 6.10 Å². The van der Waals surface area contributed by atoms with Crippen molar-refractivity contribution in [1.29, 1.82) is 0 Å². The molecule has 1 saturated carbocycles. The maximum atomic E-state index is 5.56. The normalized spacial score (nSPS) is 15.2. The molecule has 0 aromatic heterocycles. The van der Waals surface area contributed by atoms with Gasteiger partial charge in [0.1, 0.15) is 0 Å². The minimum Gasteiger partial charge on any atom is -0.379 e. The van der Waals surface area contributed by atoms with Crippen molar-refractivity contribution in [2.24, 2.45) is 5.92 Å². The molecule has 0 heterocycles. The van der Waals surface area contributed by atoms with Gasteiger partial charge >= 0.3 is 0 Å². The maximum Gasteiger partial charge on any atom is 0.0518 e. The van der Waals surface area contributed by atoms with Gasteiger partial charge in [-0.2, -0.15) is 11.8 Å². The molecule has 0 amide bonds. The van der Waals surface area contributed by atoms with Crippen molar-refractivity contribution in [1.82, 2.24) is 0 Å². The van der Waals surface area contributed by atoms with Crippen molar-refractivity contribution < 1.29 is 4.74 Å². The van der Waals surface area contributed by atoms with Gasteiger partial charge in [-0.15, -0.1) is 5.92 Å². The molecule has 1 aliphatic carbocycles. The number of thioether (sulfide) groups is 1. The van der Waals surface area contributed by atoms with Crippen LogP contribution in [-0.4, -0.2) is 24.2 Å². The summed E-state index contributed by atoms with van der Waals surface area (Å²) in [6.07, 6.45) is 20.9. The summed E-state index contributed by atoms with van der Waals surface area (Å²) in [6.45, 7) is 5.15. The van der Waals surface area contributed by atoms with Gasteiger partial charge in [0, 0.05) is 18.9 Å². The molecule has 26 heavy (non-hydrogen) atoms. The standard InChI is InChI=1S/C24H44OS/c1-23(2)25-20-16-22-26-21-15-10-8-6-4-3-5-7-9-12-17-24-18-13-11-14-19-24/h23-24H,3-11,13-16,18-22H2,1-2H3. The van der Waals surface area contributed by atoms with Crippen molar-refractivity contribution in [2.45, 2.75) is 116 Å². The average molecular weight is 381 g/mol. The van der Waals surface area contributed by atoms with Gasteiger partial charge in [-0.25, -0.2) is 0 Å². The lowest BCUT2D eigenvalue weighted by molar-refractivity contribution is 0.0800. The molecule has 0 unspecified atom stereocenters. The lowest BCUT2D eigenvalue weighted by Gasteiger charge is -2.15. The second kappa shape index (κ2) is 18.2. The Morgan fingerprint density at radius 2 is 1.42 bits per heavy atom. The van der Waals surface area contributed by atoms with E-state index in [1.165, 1.54) is 101 Å². The quantitative estimate of drug-likeness (QED) is 0.213. The van der Waals surface area contributed by atoms with Crippen LogP contribution < -0.4 is 0 Å². The Labute approximate surface area is 168 Å². The summed E-state index contributed by atoms with van der Waals surface area (Å²) >= 11 is 2.10. The van der Waals surface area contributed by atoms with E-state index in [4.69, 9.17) is 4.74 Å². The van der Waals surface area contributed by atoms with Crippen molar-refractivity contribution in [3.05, 3.63) is 0 Å². The second-order valence-electron chi connectivity index (χ2n) is 8.12. The Morgan fingerprint density at radius 1 is 0.808 bits per heavy atom. The Morgan fingerprint density at radius 3 is 2.12 bits per heavy atom. The number of hydrogen-bond donors (Lipinski definition) is 0. The van der Waals surface area contributed by atoms with Gasteiger partial charge in [0.2, 0.25) is 0 Å². The van der Waals surface area contributed by atoms with Crippen molar-refractivity contribution in [3.8, 4) is 11.8 Å². The number of unbranched alkanes of at least 4 members (excludes halogenated alkanes) is 8. The molecule has 0 radical (unpaired) electrons. The Hall–Kier alpha value is -0.130. The summed E-state index contributed by atoms with van der Waals surface area (Å²) in [5.74, 6) is 10.3. The topological polar surface area (TPSA) is 9.23 Å². The van der Waals surface area contributed by atoms with Crippen LogP contribution >= 0.6 is 11.8 Å². The maximum absolute atomic E-state index is 5.56. The SMILES string of the molecule is CC(C)OCCCSCCCCCCCCCCC#CC1CCCCC1. The fourth-order valence-electron chi connectivity index (χ4n) is 3.52. The minimum absolute atomic E-state index is 0.384. The van der Waals surface area contributed by atoms with Gasteiger partial charge in [0.25, 0.3) is 0 Å². The largest absolute Gasteiger partial charge is 0.379 e. The molecule has 152 valence electrons. The molecule has 0 spiro atoms. The van der Waals surface area contributed by atoms with Crippen molar-refractivity contribution in [3.63, 3.8) is 0 Å². The highest BCUT2D eigenvalue weighted by atomic mass is 32.2. The van der Waals surface area contributed by atoms with Crippen LogP contribution in [0.25, 0.3) is 0 Å². The predicted molar refractivity (Wildman–Crippen MR) is 119 cm³/mol. The molecular formula is C24H44OS. The van der Waals surface area contributed by atoms with E-state index in [0.717, 1.165) is 18.9 Å². The van der Waals surface area contributed by atoms with Crippen molar-refractivity contribution >= 4 is 11.8 Å². The number of hydrogen-bond acceptors (Lipinski definition) is 2. The third kappa shape index (κ3) is 16.1. The first-order chi connectivity index (χ1) is 12.8. The molecule has 1 aliphatic rings.